The van der Waals surface area contributed by atoms with Crippen molar-refractivity contribution in [1.29, 1.82) is 0 Å². The summed E-state index contributed by atoms with van der Waals surface area (Å²) in [4.78, 5) is 0. The van der Waals surface area contributed by atoms with E-state index >= 15 is 0 Å². The van der Waals surface area contributed by atoms with Gasteiger partial charge in [-0.1, -0.05) is 20.3 Å². The van der Waals surface area contributed by atoms with Crippen LogP contribution < -0.4 is 5.73 Å². The molecule has 7 heavy (non-hydrogen) atoms. The molecule has 0 aliphatic rings. The first-order valence-corrected chi connectivity index (χ1v) is 2.86. The van der Waals surface area contributed by atoms with Crippen molar-refractivity contribution in [1.82, 2.24) is 0 Å². The lowest BCUT2D eigenvalue weighted by atomic mass is 10.1. The first-order valence-electron chi connectivity index (χ1n) is 2.86. The van der Waals surface area contributed by atoms with Gasteiger partial charge in [-0.15, -0.1) is 0 Å². The zero-order chi connectivity index (χ0) is 5.70. The number of hydrogen-bond acceptors (Lipinski definition) is 1. The van der Waals surface area contributed by atoms with Crippen molar-refractivity contribution in [2.24, 2.45) is 5.73 Å². The standard InChI is InChI=1S/C6H14N/c1-3-5-6(7)4-2/h6H,2-5,7H2,1H3. The number of hydrogen-bond donors (Lipinski definition) is 1. The third kappa shape index (κ3) is 3.80. The Morgan fingerprint density at radius 2 is 2.29 bits per heavy atom. The maximum absolute atomic E-state index is 5.52. The molecule has 1 nitrogen and oxygen atoms in total. The summed E-state index contributed by atoms with van der Waals surface area (Å²) < 4.78 is 0. The zero-order valence-electron chi connectivity index (χ0n) is 4.98. The summed E-state index contributed by atoms with van der Waals surface area (Å²) in [5.41, 5.74) is 5.52. The van der Waals surface area contributed by atoms with Crippen LogP contribution in [-0.2, 0) is 0 Å². The molecule has 0 aliphatic carbocycles. The van der Waals surface area contributed by atoms with E-state index in [1.165, 1.54) is 6.42 Å². The first kappa shape index (κ1) is 6.96. The molecule has 0 fully saturated rings. The zero-order valence-corrected chi connectivity index (χ0v) is 4.98. The average Bonchev–Trinajstić information content (AvgIpc) is 1.68. The summed E-state index contributed by atoms with van der Waals surface area (Å²) >= 11 is 0. The minimum Gasteiger partial charge on any atom is -0.328 e. The highest BCUT2D eigenvalue weighted by atomic mass is 14.6. The van der Waals surface area contributed by atoms with Crippen LogP contribution in [0.5, 0.6) is 0 Å². The highest BCUT2D eigenvalue weighted by Crippen LogP contribution is 1.94. The summed E-state index contributed by atoms with van der Waals surface area (Å²) in [6.45, 7) is 5.81. The van der Waals surface area contributed by atoms with Gasteiger partial charge < -0.3 is 5.73 Å². The molecule has 0 amide bonds. The van der Waals surface area contributed by atoms with Gasteiger partial charge in [0.15, 0.2) is 0 Å². The number of nitrogens with two attached hydrogens (primary N) is 1. The molecule has 1 radical (unpaired) electrons. The molecule has 0 heterocycles. The van der Waals surface area contributed by atoms with Crippen LogP contribution in [0.15, 0.2) is 0 Å². The summed E-state index contributed by atoms with van der Waals surface area (Å²) in [6.07, 6.45) is 3.16. The Bertz CT molecular complexity index is 35.2. The average molecular weight is 100 g/mol. The monoisotopic (exact) mass is 100 g/mol. The topological polar surface area (TPSA) is 26.0 Å². The Morgan fingerprint density at radius 1 is 1.71 bits per heavy atom. The Kier molecular flexibility index (Phi) is 4.10. The van der Waals surface area contributed by atoms with Crippen LogP contribution in [0.2, 0.25) is 0 Å². The molecule has 0 aromatic carbocycles. The fourth-order valence-corrected chi connectivity index (χ4v) is 0.515. The molecule has 43 valence electrons. The van der Waals surface area contributed by atoms with Crippen LogP contribution in [0.4, 0.5) is 0 Å². The normalized spacial score (nSPS) is 14.1. The maximum atomic E-state index is 5.52. The second-order valence-electron chi connectivity index (χ2n) is 1.84. The molecular weight excluding hydrogens is 86.1 g/mol. The van der Waals surface area contributed by atoms with Gasteiger partial charge in [-0.25, -0.2) is 0 Å². The number of rotatable bonds is 3. The van der Waals surface area contributed by atoms with Gasteiger partial charge in [0.25, 0.3) is 0 Å². The third-order valence-electron chi connectivity index (χ3n) is 1.03. The van der Waals surface area contributed by atoms with Crippen molar-refractivity contribution < 1.29 is 0 Å². The molecule has 1 unspecified atom stereocenters. The van der Waals surface area contributed by atoms with Crippen LogP contribution in [0, 0.1) is 6.92 Å². The van der Waals surface area contributed by atoms with Crippen molar-refractivity contribution >= 4 is 0 Å². The van der Waals surface area contributed by atoms with Crippen LogP contribution >= 0.6 is 0 Å². The lowest BCUT2D eigenvalue weighted by Gasteiger charge is -2.03. The van der Waals surface area contributed by atoms with Gasteiger partial charge in [0.05, 0.1) is 0 Å². The predicted molar refractivity (Wildman–Crippen MR) is 32.9 cm³/mol. The fourth-order valence-electron chi connectivity index (χ4n) is 0.515. The van der Waals surface area contributed by atoms with Gasteiger partial charge >= 0.3 is 0 Å². The molecule has 0 bridgehead atoms. The maximum Gasteiger partial charge on any atom is 0.00387 e. The molecule has 0 rings (SSSR count). The Balaban J connectivity index is 2.83. The van der Waals surface area contributed by atoms with E-state index in [9.17, 15) is 0 Å². The Labute approximate surface area is 45.9 Å². The third-order valence-corrected chi connectivity index (χ3v) is 1.03. The summed E-state index contributed by atoms with van der Waals surface area (Å²) in [5, 5.41) is 0. The molecule has 0 spiro atoms. The van der Waals surface area contributed by atoms with E-state index in [-0.39, 0.29) is 0 Å². The second-order valence-corrected chi connectivity index (χ2v) is 1.84. The lowest BCUT2D eigenvalue weighted by molar-refractivity contribution is 0.609. The Hall–Kier alpha value is -0.0400. The van der Waals surface area contributed by atoms with Crippen molar-refractivity contribution in [3.8, 4) is 0 Å². The molecule has 0 saturated heterocycles. The highest BCUT2D eigenvalue weighted by molar-refractivity contribution is 4.59. The predicted octanol–water partition coefficient (Wildman–Crippen LogP) is 1.34. The minimum atomic E-state index is 0.338. The largest absolute Gasteiger partial charge is 0.328 e. The second kappa shape index (κ2) is 4.13. The van der Waals surface area contributed by atoms with Gasteiger partial charge in [-0.2, -0.15) is 0 Å². The van der Waals surface area contributed by atoms with E-state index in [4.69, 9.17) is 5.73 Å². The summed E-state index contributed by atoms with van der Waals surface area (Å²) in [6, 6.07) is 0.338. The van der Waals surface area contributed by atoms with Crippen molar-refractivity contribution in [3.63, 3.8) is 0 Å². The van der Waals surface area contributed by atoms with E-state index in [0.717, 1.165) is 12.8 Å². The Morgan fingerprint density at radius 3 is 2.43 bits per heavy atom. The van der Waals surface area contributed by atoms with Gasteiger partial charge in [0.2, 0.25) is 0 Å². The van der Waals surface area contributed by atoms with Crippen molar-refractivity contribution in [2.45, 2.75) is 32.2 Å². The molecule has 2 N–H and O–H groups in total. The van der Waals surface area contributed by atoms with Crippen LogP contribution in [0.3, 0.4) is 0 Å². The summed E-state index contributed by atoms with van der Waals surface area (Å²) in [5.74, 6) is 0. The smallest absolute Gasteiger partial charge is 0.00387 e. The van der Waals surface area contributed by atoms with Crippen LogP contribution in [0.25, 0.3) is 0 Å². The van der Waals surface area contributed by atoms with Gasteiger partial charge in [-0.3, -0.25) is 0 Å². The molecule has 1 atom stereocenters. The SMILES string of the molecule is [CH2]CC(N)CCC. The molecule has 0 saturated carbocycles. The van der Waals surface area contributed by atoms with Crippen LogP contribution in [-0.4, -0.2) is 6.04 Å². The van der Waals surface area contributed by atoms with E-state index < -0.39 is 0 Å². The van der Waals surface area contributed by atoms with Gasteiger partial charge in [0, 0.05) is 6.04 Å². The van der Waals surface area contributed by atoms with Crippen molar-refractivity contribution in [2.75, 3.05) is 0 Å². The van der Waals surface area contributed by atoms with E-state index in [2.05, 4.69) is 13.8 Å². The highest BCUT2D eigenvalue weighted by Gasteiger charge is 1.92. The first-order chi connectivity index (χ1) is 3.31. The van der Waals surface area contributed by atoms with E-state index in [1.807, 2.05) is 0 Å². The molecule has 0 aliphatic heterocycles. The van der Waals surface area contributed by atoms with Gasteiger partial charge in [0.1, 0.15) is 0 Å². The van der Waals surface area contributed by atoms with Gasteiger partial charge in [-0.05, 0) is 12.8 Å². The lowest BCUT2D eigenvalue weighted by Crippen LogP contribution is -2.17. The van der Waals surface area contributed by atoms with Crippen LogP contribution in [0.1, 0.15) is 26.2 Å². The quantitative estimate of drug-likeness (QED) is 0.569. The van der Waals surface area contributed by atoms with E-state index in [0.29, 0.717) is 6.04 Å². The molecule has 1 heteroatoms. The van der Waals surface area contributed by atoms with E-state index in [1.54, 1.807) is 0 Å². The van der Waals surface area contributed by atoms with Crippen molar-refractivity contribution in [3.05, 3.63) is 6.92 Å². The molecular formula is C6H14N. The molecule has 0 aromatic heterocycles. The summed E-state index contributed by atoms with van der Waals surface area (Å²) in [7, 11) is 0. The fraction of sp³-hybridized carbons (Fsp3) is 0.833. The minimum absolute atomic E-state index is 0.338. The molecule has 0 aromatic rings.